The van der Waals surface area contributed by atoms with E-state index in [1.54, 1.807) is 12.3 Å². The van der Waals surface area contributed by atoms with Gasteiger partial charge in [-0.2, -0.15) is 0 Å². The summed E-state index contributed by atoms with van der Waals surface area (Å²) in [5.41, 5.74) is 7.77. The Morgan fingerprint density at radius 3 is 2.72 bits per heavy atom. The van der Waals surface area contributed by atoms with Crippen molar-refractivity contribution in [2.24, 2.45) is 5.92 Å². The normalized spacial score (nSPS) is 26.2. The molecule has 1 aromatic carbocycles. The summed E-state index contributed by atoms with van der Waals surface area (Å²) >= 11 is 0. The molecule has 4 N–H and O–H groups in total. The molecule has 7 heteroatoms. The second-order valence-corrected chi connectivity index (χ2v) is 8.21. The van der Waals surface area contributed by atoms with Gasteiger partial charge in [0.1, 0.15) is 17.3 Å². The highest BCUT2D eigenvalue weighted by Gasteiger charge is 2.37. The number of aromatic nitrogens is 2. The van der Waals surface area contributed by atoms with Crippen molar-refractivity contribution in [3.63, 3.8) is 0 Å². The standard InChI is InChI=1S/C22H27FN4O2/c1-2-12-10-18(12)27-22(29)16-8-5-14(9-17(16)23)20-21(24)25-11-19(26-20)13-3-6-15(28)7-4-13/h5,8-9,11-13,15,18,28H,2-4,6-7,10H2,1H3,(H2,24,25)(H,27,29)/t12-,13-,15-,18-/m0/s1. The van der Waals surface area contributed by atoms with Crippen LogP contribution in [0.2, 0.25) is 0 Å². The fourth-order valence-electron chi connectivity index (χ4n) is 4.16. The lowest BCUT2D eigenvalue weighted by atomic mass is 9.85. The van der Waals surface area contributed by atoms with Gasteiger partial charge in [-0.3, -0.25) is 4.79 Å². The van der Waals surface area contributed by atoms with Crippen LogP contribution in [0.3, 0.4) is 0 Å². The van der Waals surface area contributed by atoms with Gasteiger partial charge in [-0.15, -0.1) is 0 Å². The predicted octanol–water partition coefficient (Wildman–Crippen LogP) is 3.41. The second kappa shape index (κ2) is 8.06. The average Bonchev–Trinajstić information content (AvgIpc) is 3.47. The molecule has 0 aliphatic heterocycles. The van der Waals surface area contributed by atoms with E-state index < -0.39 is 5.82 Å². The molecule has 0 bridgehead atoms. The number of aliphatic hydroxyl groups excluding tert-OH is 1. The maximum absolute atomic E-state index is 14.7. The molecular weight excluding hydrogens is 371 g/mol. The lowest BCUT2D eigenvalue weighted by Gasteiger charge is -2.25. The fourth-order valence-corrected chi connectivity index (χ4v) is 4.16. The Morgan fingerprint density at radius 2 is 2.07 bits per heavy atom. The van der Waals surface area contributed by atoms with E-state index in [0.29, 0.717) is 17.2 Å². The number of carbonyl (C=O) groups is 1. The number of halogens is 1. The lowest BCUT2D eigenvalue weighted by Crippen LogP contribution is -2.27. The van der Waals surface area contributed by atoms with Gasteiger partial charge in [0.25, 0.3) is 5.91 Å². The molecule has 0 radical (unpaired) electrons. The average molecular weight is 398 g/mol. The molecule has 154 valence electrons. The van der Waals surface area contributed by atoms with Gasteiger partial charge in [0, 0.05) is 17.5 Å². The molecule has 4 rings (SSSR count). The van der Waals surface area contributed by atoms with Crippen molar-refractivity contribution in [2.45, 2.75) is 63.5 Å². The van der Waals surface area contributed by atoms with E-state index in [9.17, 15) is 14.3 Å². The number of nitrogens with one attached hydrogen (secondary N) is 1. The van der Waals surface area contributed by atoms with Crippen molar-refractivity contribution in [3.05, 3.63) is 41.5 Å². The molecule has 1 amide bonds. The van der Waals surface area contributed by atoms with Crippen molar-refractivity contribution in [2.75, 3.05) is 5.73 Å². The monoisotopic (exact) mass is 398 g/mol. The van der Waals surface area contributed by atoms with Gasteiger partial charge in [-0.25, -0.2) is 14.4 Å². The van der Waals surface area contributed by atoms with E-state index in [0.717, 1.165) is 44.2 Å². The molecule has 29 heavy (non-hydrogen) atoms. The summed E-state index contributed by atoms with van der Waals surface area (Å²) in [7, 11) is 0. The van der Waals surface area contributed by atoms with Crippen LogP contribution in [0.5, 0.6) is 0 Å². The number of nitrogens with zero attached hydrogens (tertiary/aromatic N) is 2. The number of hydrogen-bond acceptors (Lipinski definition) is 5. The van der Waals surface area contributed by atoms with Gasteiger partial charge in [-0.05, 0) is 50.2 Å². The van der Waals surface area contributed by atoms with E-state index in [2.05, 4.69) is 22.2 Å². The zero-order valence-electron chi connectivity index (χ0n) is 16.6. The Hall–Kier alpha value is -2.54. The number of amides is 1. The Balaban J connectivity index is 1.54. The molecule has 0 saturated heterocycles. The minimum atomic E-state index is -0.596. The smallest absolute Gasteiger partial charge is 0.254 e. The molecule has 2 fully saturated rings. The van der Waals surface area contributed by atoms with Gasteiger partial charge >= 0.3 is 0 Å². The third-order valence-corrected chi connectivity index (χ3v) is 6.19. The number of benzene rings is 1. The Kier molecular flexibility index (Phi) is 5.50. The van der Waals surface area contributed by atoms with Crippen molar-refractivity contribution in [1.82, 2.24) is 15.3 Å². The minimum Gasteiger partial charge on any atom is -0.393 e. The Bertz CT molecular complexity index is 912. The minimum absolute atomic E-state index is 0.0273. The largest absolute Gasteiger partial charge is 0.393 e. The van der Waals surface area contributed by atoms with Crippen molar-refractivity contribution < 1.29 is 14.3 Å². The maximum Gasteiger partial charge on any atom is 0.254 e. The van der Waals surface area contributed by atoms with E-state index in [1.807, 2.05) is 0 Å². The van der Waals surface area contributed by atoms with Crippen molar-refractivity contribution >= 4 is 11.7 Å². The second-order valence-electron chi connectivity index (χ2n) is 8.21. The van der Waals surface area contributed by atoms with Crippen molar-refractivity contribution in [3.8, 4) is 11.3 Å². The number of carbonyl (C=O) groups excluding carboxylic acids is 1. The van der Waals surface area contributed by atoms with Gasteiger partial charge in [0.05, 0.1) is 23.6 Å². The molecule has 0 spiro atoms. The molecule has 2 aromatic rings. The summed E-state index contributed by atoms with van der Waals surface area (Å²) in [4.78, 5) is 21.3. The third-order valence-electron chi connectivity index (χ3n) is 6.19. The SMILES string of the molecule is CC[C@H]1C[C@@H]1NC(=O)c1ccc(-c2nc([C@H]3CC[C@H](O)CC3)cnc2N)cc1F. The van der Waals surface area contributed by atoms with Gasteiger partial charge in [0.2, 0.25) is 0 Å². The first kappa shape index (κ1) is 19.8. The van der Waals surface area contributed by atoms with Crippen LogP contribution in [0.4, 0.5) is 10.2 Å². The highest BCUT2D eigenvalue weighted by atomic mass is 19.1. The van der Waals surface area contributed by atoms with Crippen LogP contribution in [0.15, 0.2) is 24.4 Å². The molecule has 2 saturated carbocycles. The number of nitrogens with two attached hydrogens (primary N) is 1. The fraction of sp³-hybridized carbons (Fsp3) is 0.500. The molecule has 1 aromatic heterocycles. The van der Waals surface area contributed by atoms with E-state index in [-0.39, 0.29) is 35.4 Å². The summed E-state index contributed by atoms with van der Waals surface area (Å²) in [5.74, 6) is -0.0418. The van der Waals surface area contributed by atoms with E-state index >= 15 is 0 Å². The number of aliphatic hydroxyl groups is 1. The summed E-state index contributed by atoms with van der Waals surface area (Å²) in [5, 5.41) is 12.6. The Labute approximate surface area is 169 Å². The summed E-state index contributed by atoms with van der Waals surface area (Å²) in [6.07, 6.45) is 6.55. The third kappa shape index (κ3) is 4.24. The van der Waals surface area contributed by atoms with Crippen LogP contribution in [0.1, 0.15) is 67.4 Å². The van der Waals surface area contributed by atoms with Crippen LogP contribution in [0.25, 0.3) is 11.3 Å². The number of hydrogen-bond donors (Lipinski definition) is 3. The van der Waals surface area contributed by atoms with Gasteiger partial charge < -0.3 is 16.2 Å². The molecule has 2 atom stereocenters. The topological polar surface area (TPSA) is 101 Å². The molecule has 2 aliphatic rings. The molecule has 2 aliphatic carbocycles. The van der Waals surface area contributed by atoms with Crippen LogP contribution in [-0.4, -0.2) is 33.1 Å². The summed E-state index contributed by atoms with van der Waals surface area (Å²) in [6.45, 7) is 2.08. The van der Waals surface area contributed by atoms with Crippen LogP contribution in [-0.2, 0) is 0 Å². The van der Waals surface area contributed by atoms with Gasteiger partial charge in [0.15, 0.2) is 0 Å². The Morgan fingerprint density at radius 1 is 1.31 bits per heavy atom. The first-order valence-electron chi connectivity index (χ1n) is 10.4. The maximum atomic E-state index is 14.7. The number of anilines is 1. The first-order chi connectivity index (χ1) is 14.0. The zero-order chi connectivity index (χ0) is 20.5. The zero-order valence-corrected chi connectivity index (χ0v) is 16.6. The number of nitrogen functional groups attached to an aromatic ring is 1. The van der Waals surface area contributed by atoms with Crippen molar-refractivity contribution in [1.29, 1.82) is 0 Å². The van der Waals surface area contributed by atoms with Crippen LogP contribution in [0, 0.1) is 11.7 Å². The van der Waals surface area contributed by atoms with Crippen LogP contribution >= 0.6 is 0 Å². The summed E-state index contributed by atoms with van der Waals surface area (Å²) in [6, 6.07) is 4.60. The highest BCUT2D eigenvalue weighted by Crippen LogP contribution is 2.35. The molecule has 6 nitrogen and oxygen atoms in total. The molecule has 1 heterocycles. The van der Waals surface area contributed by atoms with E-state index in [1.165, 1.54) is 12.1 Å². The van der Waals surface area contributed by atoms with Crippen LogP contribution < -0.4 is 11.1 Å². The predicted molar refractivity (Wildman–Crippen MR) is 109 cm³/mol. The van der Waals surface area contributed by atoms with E-state index in [4.69, 9.17) is 5.73 Å². The number of rotatable bonds is 5. The summed E-state index contributed by atoms with van der Waals surface area (Å²) < 4.78 is 14.7. The molecular formula is C22H27FN4O2. The lowest BCUT2D eigenvalue weighted by molar-refractivity contribution is 0.0945. The quantitative estimate of drug-likeness (QED) is 0.716. The highest BCUT2D eigenvalue weighted by molar-refractivity contribution is 5.95. The molecule has 0 unspecified atom stereocenters. The van der Waals surface area contributed by atoms with Gasteiger partial charge in [-0.1, -0.05) is 19.4 Å². The first-order valence-corrected chi connectivity index (χ1v) is 10.4.